The molecule has 0 aliphatic heterocycles. The summed E-state index contributed by atoms with van der Waals surface area (Å²) in [7, 11) is 0. The van der Waals surface area contributed by atoms with Crippen molar-refractivity contribution < 1.29 is 4.79 Å². The fourth-order valence-electron chi connectivity index (χ4n) is 2.14. The first-order valence-electron chi connectivity index (χ1n) is 5.93. The molecule has 0 unspecified atom stereocenters. The van der Waals surface area contributed by atoms with Gasteiger partial charge < -0.3 is 4.98 Å². The Bertz CT molecular complexity index is 692. The van der Waals surface area contributed by atoms with Gasteiger partial charge in [-0.25, -0.2) is 0 Å². The molecule has 2 aromatic carbocycles. The van der Waals surface area contributed by atoms with Gasteiger partial charge in [0.15, 0.2) is 0 Å². The van der Waals surface area contributed by atoms with E-state index in [1.165, 1.54) is 0 Å². The number of carbonyl (C=O) groups excluding carboxylic acids is 1. The van der Waals surface area contributed by atoms with Gasteiger partial charge in [-0.2, -0.15) is 0 Å². The number of ketones is 1. The largest absolute Gasteiger partial charge is 0.352 e. The number of aromatic nitrogens is 1. The minimum Gasteiger partial charge on any atom is -0.352 e. The number of H-pyrrole nitrogens is 1. The summed E-state index contributed by atoms with van der Waals surface area (Å²) in [6.45, 7) is 1.99. The second kappa shape index (κ2) is 4.15. The van der Waals surface area contributed by atoms with E-state index in [1.54, 1.807) is 0 Å². The molecule has 0 aliphatic carbocycles. The van der Waals surface area contributed by atoms with Crippen LogP contribution < -0.4 is 0 Å². The van der Waals surface area contributed by atoms with Crippen molar-refractivity contribution in [2.45, 2.75) is 6.92 Å². The van der Waals surface area contributed by atoms with E-state index in [1.807, 2.05) is 61.5 Å². The molecule has 0 aliphatic rings. The van der Waals surface area contributed by atoms with E-state index < -0.39 is 0 Å². The average Bonchev–Trinajstić information content (AvgIpc) is 2.81. The number of fused-ring (bicyclic) bond motifs is 1. The van der Waals surface area contributed by atoms with Crippen molar-refractivity contribution in [1.82, 2.24) is 4.98 Å². The lowest BCUT2D eigenvalue weighted by Crippen LogP contribution is -2.01. The van der Waals surface area contributed by atoms with E-state index in [0.29, 0.717) is 5.69 Å². The molecule has 0 amide bonds. The Morgan fingerprint density at radius 2 is 1.83 bits per heavy atom. The maximum Gasteiger partial charge on any atom is 0.209 e. The molecule has 0 radical (unpaired) electrons. The number of carbonyl (C=O) groups is 1. The van der Waals surface area contributed by atoms with Gasteiger partial charge in [0, 0.05) is 16.5 Å². The average molecular weight is 235 g/mol. The molecule has 0 spiro atoms. The molecule has 2 heteroatoms. The molecule has 18 heavy (non-hydrogen) atoms. The summed E-state index contributed by atoms with van der Waals surface area (Å²) in [5.41, 5.74) is 3.45. The molecule has 3 rings (SSSR count). The number of hydrogen-bond acceptors (Lipinski definition) is 1. The zero-order chi connectivity index (χ0) is 12.5. The maximum absolute atomic E-state index is 12.3. The Hall–Kier alpha value is -2.35. The normalized spacial score (nSPS) is 10.7. The smallest absolute Gasteiger partial charge is 0.209 e. The highest BCUT2D eigenvalue weighted by Gasteiger charge is 2.11. The van der Waals surface area contributed by atoms with Crippen LogP contribution in [0.3, 0.4) is 0 Å². The van der Waals surface area contributed by atoms with Gasteiger partial charge in [0.1, 0.15) is 0 Å². The number of aromatic amines is 1. The molecule has 1 heterocycles. The zero-order valence-corrected chi connectivity index (χ0v) is 10.1. The molecular formula is C16H13NO. The minimum absolute atomic E-state index is 0.0369. The van der Waals surface area contributed by atoms with Gasteiger partial charge in [-0.3, -0.25) is 4.79 Å². The van der Waals surface area contributed by atoms with Crippen LogP contribution in [0.15, 0.2) is 54.6 Å². The van der Waals surface area contributed by atoms with Crippen molar-refractivity contribution in [1.29, 1.82) is 0 Å². The van der Waals surface area contributed by atoms with E-state index in [4.69, 9.17) is 0 Å². The molecule has 1 aromatic heterocycles. The predicted molar refractivity (Wildman–Crippen MR) is 72.9 cm³/mol. The molecule has 0 saturated heterocycles. The highest BCUT2D eigenvalue weighted by molar-refractivity contribution is 6.10. The van der Waals surface area contributed by atoms with Crippen molar-refractivity contribution in [3.8, 4) is 0 Å². The van der Waals surface area contributed by atoms with Gasteiger partial charge in [0.2, 0.25) is 5.78 Å². The van der Waals surface area contributed by atoms with Crippen LogP contribution in [0.2, 0.25) is 0 Å². The zero-order valence-electron chi connectivity index (χ0n) is 10.1. The van der Waals surface area contributed by atoms with Crippen LogP contribution in [0.4, 0.5) is 0 Å². The Kier molecular flexibility index (Phi) is 2.49. The minimum atomic E-state index is 0.0369. The summed E-state index contributed by atoms with van der Waals surface area (Å²) in [4.78, 5) is 15.5. The summed E-state index contributed by atoms with van der Waals surface area (Å²) < 4.78 is 0. The Labute approximate surface area is 105 Å². The lowest BCUT2D eigenvalue weighted by molar-refractivity contribution is 0.103. The first-order chi connectivity index (χ1) is 8.74. The van der Waals surface area contributed by atoms with Crippen molar-refractivity contribution in [2.75, 3.05) is 0 Å². The summed E-state index contributed by atoms with van der Waals surface area (Å²) in [6.07, 6.45) is 0. The van der Waals surface area contributed by atoms with E-state index in [2.05, 4.69) is 4.98 Å². The van der Waals surface area contributed by atoms with Crippen LogP contribution in [0.5, 0.6) is 0 Å². The van der Waals surface area contributed by atoms with Crippen LogP contribution in [0, 0.1) is 6.92 Å². The molecule has 2 nitrogen and oxygen atoms in total. The SMILES string of the molecule is Cc1cccc(C(=O)c2cc3ccccc3[nH]2)c1. The summed E-state index contributed by atoms with van der Waals surface area (Å²) >= 11 is 0. The van der Waals surface area contributed by atoms with Crippen LogP contribution in [-0.2, 0) is 0 Å². The van der Waals surface area contributed by atoms with Crippen molar-refractivity contribution in [3.63, 3.8) is 0 Å². The number of nitrogens with one attached hydrogen (secondary N) is 1. The van der Waals surface area contributed by atoms with E-state index in [9.17, 15) is 4.79 Å². The second-order valence-electron chi connectivity index (χ2n) is 4.47. The Balaban J connectivity index is 2.06. The topological polar surface area (TPSA) is 32.9 Å². The number of benzene rings is 2. The monoisotopic (exact) mass is 235 g/mol. The second-order valence-corrected chi connectivity index (χ2v) is 4.47. The molecular weight excluding hydrogens is 222 g/mol. The van der Waals surface area contributed by atoms with Gasteiger partial charge in [0.05, 0.1) is 5.69 Å². The van der Waals surface area contributed by atoms with Gasteiger partial charge >= 0.3 is 0 Å². The van der Waals surface area contributed by atoms with Gasteiger partial charge in [-0.15, -0.1) is 0 Å². The van der Waals surface area contributed by atoms with E-state index >= 15 is 0 Å². The van der Waals surface area contributed by atoms with Crippen molar-refractivity contribution in [3.05, 3.63) is 71.4 Å². The van der Waals surface area contributed by atoms with Crippen molar-refractivity contribution in [2.24, 2.45) is 0 Å². The molecule has 0 saturated carbocycles. The number of aryl methyl sites for hydroxylation is 1. The van der Waals surface area contributed by atoms with Crippen molar-refractivity contribution >= 4 is 16.7 Å². The number of rotatable bonds is 2. The Morgan fingerprint density at radius 1 is 1.00 bits per heavy atom. The third-order valence-corrected chi connectivity index (χ3v) is 3.05. The summed E-state index contributed by atoms with van der Waals surface area (Å²) in [5.74, 6) is 0.0369. The number of hydrogen-bond donors (Lipinski definition) is 1. The van der Waals surface area contributed by atoms with Crippen LogP contribution in [0.25, 0.3) is 10.9 Å². The molecule has 3 aromatic rings. The third-order valence-electron chi connectivity index (χ3n) is 3.05. The van der Waals surface area contributed by atoms with Crippen LogP contribution in [0.1, 0.15) is 21.6 Å². The molecule has 0 bridgehead atoms. The maximum atomic E-state index is 12.3. The third kappa shape index (κ3) is 1.82. The highest BCUT2D eigenvalue weighted by atomic mass is 16.1. The van der Waals surface area contributed by atoms with Gasteiger partial charge in [-0.1, -0.05) is 42.0 Å². The summed E-state index contributed by atoms with van der Waals surface area (Å²) in [6, 6.07) is 17.5. The number of para-hydroxylation sites is 1. The standard InChI is InChI=1S/C16H13NO/c1-11-5-4-7-13(9-11)16(18)15-10-12-6-2-3-8-14(12)17-15/h2-10,17H,1H3. The summed E-state index contributed by atoms with van der Waals surface area (Å²) in [5, 5.41) is 1.06. The molecule has 88 valence electrons. The van der Waals surface area contributed by atoms with E-state index in [-0.39, 0.29) is 5.78 Å². The highest BCUT2D eigenvalue weighted by Crippen LogP contribution is 2.17. The van der Waals surface area contributed by atoms with E-state index in [0.717, 1.165) is 22.0 Å². The molecule has 1 N–H and O–H groups in total. The van der Waals surface area contributed by atoms with Gasteiger partial charge in [0.25, 0.3) is 0 Å². The Morgan fingerprint density at radius 3 is 2.61 bits per heavy atom. The quantitative estimate of drug-likeness (QED) is 0.675. The fourth-order valence-corrected chi connectivity index (χ4v) is 2.14. The van der Waals surface area contributed by atoms with Gasteiger partial charge in [-0.05, 0) is 25.1 Å². The lowest BCUT2D eigenvalue weighted by atomic mass is 10.1. The first kappa shape index (κ1) is 10.8. The molecule has 0 fully saturated rings. The van der Waals surface area contributed by atoms with Crippen LogP contribution >= 0.6 is 0 Å². The first-order valence-corrected chi connectivity index (χ1v) is 5.93. The fraction of sp³-hybridized carbons (Fsp3) is 0.0625. The molecule has 0 atom stereocenters. The predicted octanol–water partition coefficient (Wildman–Crippen LogP) is 3.71. The lowest BCUT2D eigenvalue weighted by Gasteiger charge is -1.99. The van der Waals surface area contributed by atoms with Crippen LogP contribution in [-0.4, -0.2) is 10.8 Å².